The molecule has 0 radical (unpaired) electrons. The van der Waals surface area contributed by atoms with E-state index in [2.05, 4.69) is 40.1 Å². The average Bonchev–Trinajstić information content (AvgIpc) is 3.08. The molecule has 132 valence electrons. The van der Waals surface area contributed by atoms with Crippen molar-refractivity contribution in [2.45, 2.75) is 38.0 Å². The highest BCUT2D eigenvalue weighted by Gasteiger charge is 2.36. The molecule has 1 aromatic carbocycles. The van der Waals surface area contributed by atoms with E-state index in [1.54, 1.807) is 0 Å². The Morgan fingerprint density at radius 1 is 1.25 bits per heavy atom. The van der Waals surface area contributed by atoms with Gasteiger partial charge in [-0.05, 0) is 31.9 Å². The second-order valence-electron chi connectivity index (χ2n) is 6.89. The number of carbonyl (C=O) groups excluding carboxylic acids is 1. The number of likely N-dealkylation sites (tertiary alicyclic amines) is 1. The molecule has 2 aliphatic heterocycles. The van der Waals surface area contributed by atoms with Crippen LogP contribution in [0.15, 0.2) is 30.3 Å². The molecule has 0 N–H and O–H groups in total. The molecule has 24 heavy (non-hydrogen) atoms. The molecule has 0 aromatic heterocycles. The Hall–Kier alpha value is -1.43. The number of ether oxygens (including phenoxy) is 2. The van der Waals surface area contributed by atoms with Crippen molar-refractivity contribution in [3.8, 4) is 0 Å². The molecule has 0 saturated carbocycles. The summed E-state index contributed by atoms with van der Waals surface area (Å²) in [5.74, 6) is -0.259. The SMILES string of the molecule is COC(=O)C1CN(C2CCN(CCc3ccccc3)C2)C[C@@H](C)O1. The lowest BCUT2D eigenvalue weighted by molar-refractivity contribution is -0.167. The van der Waals surface area contributed by atoms with E-state index in [-0.39, 0.29) is 12.1 Å². The Morgan fingerprint density at radius 3 is 2.79 bits per heavy atom. The van der Waals surface area contributed by atoms with Crippen LogP contribution in [0.1, 0.15) is 18.9 Å². The number of hydrogen-bond acceptors (Lipinski definition) is 5. The number of morpholine rings is 1. The van der Waals surface area contributed by atoms with Crippen LogP contribution in [0.2, 0.25) is 0 Å². The maximum absolute atomic E-state index is 11.8. The molecule has 5 nitrogen and oxygen atoms in total. The van der Waals surface area contributed by atoms with E-state index in [1.807, 2.05) is 6.92 Å². The van der Waals surface area contributed by atoms with Crippen molar-refractivity contribution < 1.29 is 14.3 Å². The predicted molar refractivity (Wildman–Crippen MR) is 92.9 cm³/mol. The standard InChI is InChI=1S/C19H28N2O3/c1-15-12-21(14-18(24-15)19(22)23-2)17-9-11-20(13-17)10-8-16-6-4-3-5-7-16/h3-7,15,17-18H,8-14H2,1-2H3/t15-,17?,18?/m1/s1. The molecular weight excluding hydrogens is 304 g/mol. The predicted octanol–water partition coefficient (Wildman–Crippen LogP) is 1.57. The molecular formula is C19H28N2O3. The molecule has 0 bridgehead atoms. The van der Waals surface area contributed by atoms with Gasteiger partial charge in [0.1, 0.15) is 0 Å². The van der Waals surface area contributed by atoms with Crippen molar-refractivity contribution in [3.63, 3.8) is 0 Å². The van der Waals surface area contributed by atoms with Crippen LogP contribution in [0, 0.1) is 0 Å². The van der Waals surface area contributed by atoms with E-state index in [0.717, 1.165) is 39.0 Å². The fourth-order valence-electron chi connectivity index (χ4n) is 3.79. The number of hydrogen-bond donors (Lipinski definition) is 0. The normalized spacial score (nSPS) is 28.8. The quantitative estimate of drug-likeness (QED) is 0.766. The van der Waals surface area contributed by atoms with Gasteiger partial charge in [-0.3, -0.25) is 4.90 Å². The minimum absolute atomic E-state index is 0.0706. The van der Waals surface area contributed by atoms with Gasteiger partial charge in [0, 0.05) is 32.2 Å². The Kier molecular flexibility index (Phi) is 5.87. The summed E-state index contributed by atoms with van der Waals surface area (Å²) in [5, 5.41) is 0. The summed E-state index contributed by atoms with van der Waals surface area (Å²) < 4.78 is 10.6. The lowest BCUT2D eigenvalue weighted by Crippen LogP contribution is -2.54. The topological polar surface area (TPSA) is 42.0 Å². The van der Waals surface area contributed by atoms with Gasteiger partial charge in [0.2, 0.25) is 0 Å². The molecule has 2 fully saturated rings. The van der Waals surface area contributed by atoms with Gasteiger partial charge in [-0.25, -0.2) is 4.79 Å². The molecule has 2 saturated heterocycles. The zero-order valence-corrected chi connectivity index (χ0v) is 14.7. The Balaban J connectivity index is 1.50. The number of benzene rings is 1. The van der Waals surface area contributed by atoms with Crippen LogP contribution in [0.5, 0.6) is 0 Å². The van der Waals surface area contributed by atoms with E-state index in [9.17, 15) is 4.79 Å². The maximum atomic E-state index is 11.8. The molecule has 5 heteroatoms. The number of carbonyl (C=O) groups is 1. The maximum Gasteiger partial charge on any atom is 0.336 e. The van der Waals surface area contributed by atoms with Crippen LogP contribution in [0.3, 0.4) is 0 Å². The van der Waals surface area contributed by atoms with Gasteiger partial charge in [0.15, 0.2) is 6.10 Å². The zero-order chi connectivity index (χ0) is 16.9. The highest BCUT2D eigenvalue weighted by Crippen LogP contribution is 2.21. The van der Waals surface area contributed by atoms with E-state index in [4.69, 9.17) is 9.47 Å². The van der Waals surface area contributed by atoms with Crippen molar-refractivity contribution in [1.82, 2.24) is 9.80 Å². The Morgan fingerprint density at radius 2 is 2.04 bits per heavy atom. The molecule has 0 spiro atoms. The second kappa shape index (κ2) is 8.10. The minimum Gasteiger partial charge on any atom is -0.467 e. The summed E-state index contributed by atoms with van der Waals surface area (Å²) in [6, 6.07) is 11.2. The number of rotatable bonds is 5. The monoisotopic (exact) mass is 332 g/mol. The van der Waals surface area contributed by atoms with Crippen LogP contribution in [-0.2, 0) is 20.7 Å². The van der Waals surface area contributed by atoms with E-state index in [0.29, 0.717) is 12.6 Å². The zero-order valence-electron chi connectivity index (χ0n) is 14.7. The highest BCUT2D eigenvalue weighted by molar-refractivity contribution is 5.75. The molecule has 0 aliphatic carbocycles. The van der Waals surface area contributed by atoms with Gasteiger partial charge < -0.3 is 14.4 Å². The van der Waals surface area contributed by atoms with Crippen LogP contribution in [-0.4, -0.2) is 73.9 Å². The van der Waals surface area contributed by atoms with Crippen molar-refractivity contribution in [1.29, 1.82) is 0 Å². The summed E-state index contributed by atoms with van der Waals surface area (Å²) >= 11 is 0. The third-order valence-electron chi connectivity index (χ3n) is 5.08. The third kappa shape index (κ3) is 4.35. The van der Waals surface area contributed by atoms with Crippen LogP contribution >= 0.6 is 0 Å². The fraction of sp³-hybridized carbons (Fsp3) is 0.632. The first-order valence-corrected chi connectivity index (χ1v) is 8.89. The van der Waals surface area contributed by atoms with E-state index in [1.165, 1.54) is 12.7 Å². The average molecular weight is 332 g/mol. The first-order valence-electron chi connectivity index (χ1n) is 8.89. The molecule has 1 aromatic rings. The van der Waals surface area contributed by atoms with Gasteiger partial charge in [0.05, 0.1) is 13.2 Å². The number of methoxy groups -OCH3 is 1. The number of esters is 1. The molecule has 3 rings (SSSR count). The smallest absolute Gasteiger partial charge is 0.336 e. The van der Waals surface area contributed by atoms with Gasteiger partial charge >= 0.3 is 5.97 Å². The van der Waals surface area contributed by atoms with Gasteiger partial charge in [0.25, 0.3) is 0 Å². The van der Waals surface area contributed by atoms with Crippen molar-refractivity contribution in [2.75, 3.05) is 39.8 Å². The van der Waals surface area contributed by atoms with Crippen molar-refractivity contribution >= 4 is 5.97 Å². The first kappa shape index (κ1) is 17.4. The van der Waals surface area contributed by atoms with Gasteiger partial charge in [-0.2, -0.15) is 0 Å². The largest absolute Gasteiger partial charge is 0.467 e. The van der Waals surface area contributed by atoms with Gasteiger partial charge in [-0.15, -0.1) is 0 Å². The Labute approximate surface area is 144 Å². The summed E-state index contributed by atoms with van der Waals surface area (Å²) in [4.78, 5) is 16.8. The molecule has 0 amide bonds. The van der Waals surface area contributed by atoms with Crippen LogP contribution in [0.25, 0.3) is 0 Å². The third-order valence-corrected chi connectivity index (χ3v) is 5.08. The first-order chi connectivity index (χ1) is 11.7. The minimum atomic E-state index is -0.447. The van der Waals surface area contributed by atoms with Gasteiger partial charge in [-0.1, -0.05) is 30.3 Å². The van der Waals surface area contributed by atoms with Crippen LogP contribution in [0.4, 0.5) is 0 Å². The number of nitrogens with zero attached hydrogens (tertiary/aromatic N) is 2. The lowest BCUT2D eigenvalue weighted by Gasteiger charge is -2.38. The Bertz CT molecular complexity index is 537. The molecule has 2 aliphatic rings. The van der Waals surface area contributed by atoms with E-state index >= 15 is 0 Å². The fourth-order valence-corrected chi connectivity index (χ4v) is 3.79. The second-order valence-corrected chi connectivity index (χ2v) is 6.89. The summed E-state index contributed by atoms with van der Waals surface area (Å²) in [6.07, 6.45) is 1.88. The highest BCUT2D eigenvalue weighted by atomic mass is 16.6. The lowest BCUT2D eigenvalue weighted by atomic mass is 10.1. The molecule has 3 atom stereocenters. The molecule has 2 unspecified atom stereocenters. The summed E-state index contributed by atoms with van der Waals surface area (Å²) in [5.41, 5.74) is 1.40. The summed E-state index contributed by atoms with van der Waals surface area (Å²) in [7, 11) is 1.43. The van der Waals surface area contributed by atoms with Crippen LogP contribution < -0.4 is 0 Å². The van der Waals surface area contributed by atoms with Crippen molar-refractivity contribution in [2.24, 2.45) is 0 Å². The molecule has 2 heterocycles. The van der Waals surface area contributed by atoms with E-state index < -0.39 is 6.10 Å². The summed E-state index contributed by atoms with van der Waals surface area (Å²) in [6.45, 7) is 6.88. The van der Waals surface area contributed by atoms with Crippen molar-refractivity contribution in [3.05, 3.63) is 35.9 Å².